The second kappa shape index (κ2) is 13.1. The van der Waals surface area contributed by atoms with E-state index in [-0.39, 0.29) is 0 Å². The lowest BCUT2D eigenvalue weighted by Crippen LogP contribution is -1.95. The zero-order chi connectivity index (χ0) is 37.0. The smallest absolute Gasteiger partial charge is 0.180 e. The first kappa shape index (κ1) is 31.9. The summed E-state index contributed by atoms with van der Waals surface area (Å²) in [6, 6.07) is 70.4. The first-order chi connectivity index (χ1) is 27.7. The summed E-state index contributed by atoms with van der Waals surface area (Å²) in [5.74, 6) is 0.654. The van der Waals surface area contributed by atoms with Crippen molar-refractivity contribution < 1.29 is 4.42 Å². The minimum atomic E-state index is 0.654. The molecule has 3 heterocycles. The minimum Gasteiger partial charge on any atom is -0.452 e. The van der Waals surface area contributed by atoms with Gasteiger partial charge in [0.15, 0.2) is 11.4 Å². The molecule has 0 aliphatic carbocycles. The predicted octanol–water partition coefficient (Wildman–Crippen LogP) is 13.8. The number of nitrogens with zero attached hydrogens (tertiary/aromatic N) is 3. The SMILES string of the molecule is c1ccc(-c2cc(-c3ccccc3)cc(-c3nc(-c4ccccc4)nc4c3oc3ccc(-c5cccc(-n6c7ccccc7c7ccccc76)c5)cc34)c2)cc1. The van der Waals surface area contributed by atoms with Gasteiger partial charge in [-0.05, 0) is 88.0 Å². The summed E-state index contributed by atoms with van der Waals surface area (Å²) in [6.07, 6.45) is 0. The summed E-state index contributed by atoms with van der Waals surface area (Å²) in [4.78, 5) is 10.5. The molecule has 4 nitrogen and oxygen atoms in total. The fraction of sp³-hybridized carbons (Fsp3) is 0. The van der Waals surface area contributed by atoms with E-state index in [0.29, 0.717) is 11.4 Å². The van der Waals surface area contributed by atoms with Crippen LogP contribution in [-0.2, 0) is 0 Å². The molecule has 0 radical (unpaired) electrons. The maximum Gasteiger partial charge on any atom is 0.180 e. The van der Waals surface area contributed by atoms with E-state index >= 15 is 0 Å². The third kappa shape index (κ3) is 5.39. The van der Waals surface area contributed by atoms with Gasteiger partial charge in [0.1, 0.15) is 16.8 Å². The van der Waals surface area contributed by atoms with Crippen LogP contribution in [0.2, 0.25) is 0 Å². The van der Waals surface area contributed by atoms with E-state index in [0.717, 1.165) is 72.4 Å². The molecular formula is C52H33N3O. The molecule has 0 spiro atoms. The topological polar surface area (TPSA) is 43.9 Å². The van der Waals surface area contributed by atoms with Crippen LogP contribution in [0.1, 0.15) is 0 Å². The first-order valence-corrected chi connectivity index (χ1v) is 18.9. The van der Waals surface area contributed by atoms with E-state index in [1.165, 1.54) is 21.8 Å². The van der Waals surface area contributed by atoms with Gasteiger partial charge in [-0.15, -0.1) is 0 Å². The molecule has 0 fully saturated rings. The molecule has 0 amide bonds. The van der Waals surface area contributed by atoms with E-state index < -0.39 is 0 Å². The highest BCUT2D eigenvalue weighted by atomic mass is 16.3. The third-order valence-corrected chi connectivity index (χ3v) is 10.8. The Hall–Kier alpha value is -7.56. The molecule has 0 N–H and O–H groups in total. The van der Waals surface area contributed by atoms with Crippen molar-refractivity contribution in [3.05, 3.63) is 200 Å². The molecule has 11 rings (SSSR count). The molecule has 0 saturated heterocycles. The van der Waals surface area contributed by atoms with Gasteiger partial charge >= 0.3 is 0 Å². The van der Waals surface area contributed by atoms with Gasteiger partial charge in [-0.25, -0.2) is 9.97 Å². The summed E-state index contributed by atoms with van der Waals surface area (Å²) >= 11 is 0. The Kier molecular flexibility index (Phi) is 7.46. The van der Waals surface area contributed by atoms with E-state index in [1.54, 1.807) is 0 Å². The molecule has 11 aromatic rings. The standard InChI is InChI=1S/C52H33N3O/c1-4-15-34(16-5-1)39-29-40(35-17-6-2-7-18-35)31-41(30-39)49-51-50(54-52(53-49)36-19-8-3-9-20-36)45-33-38(27-28-48(45)56-51)37-21-14-22-42(32-37)55-46-25-12-10-23-43(46)44-24-11-13-26-47(44)55/h1-33H. The summed E-state index contributed by atoms with van der Waals surface area (Å²) in [5, 5.41) is 3.44. The molecule has 0 bridgehead atoms. The van der Waals surface area contributed by atoms with Crippen molar-refractivity contribution in [3.63, 3.8) is 0 Å². The van der Waals surface area contributed by atoms with Crippen LogP contribution in [-0.4, -0.2) is 14.5 Å². The van der Waals surface area contributed by atoms with Crippen molar-refractivity contribution in [2.24, 2.45) is 0 Å². The van der Waals surface area contributed by atoms with Crippen LogP contribution in [0.5, 0.6) is 0 Å². The van der Waals surface area contributed by atoms with E-state index in [4.69, 9.17) is 14.4 Å². The fourth-order valence-corrected chi connectivity index (χ4v) is 8.12. The molecule has 0 unspecified atom stereocenters. The van der Waals surface area contributed by atoms with Crippen LogP contribution in [0.4, 0.5) is 0 Å². The van der Waals surface area contributed by atoms with Crippen LogP contribution < -0.4 is 0 Å². The zero-order valence-corrected chi connectivity index (χ0v) is 30.3. The highest BCUT2D eigenvalue weighted by molar-refractivity contribution is 6.10. The van der Waals surface area contributed by atoms with Crippen molar-refractivity contribution in [3.8, 4) is 61.7 Å². The van der Waals surface area contributed by atoms with Gasteiger partial charge in [0.25, 0.3) is 0 Å². The molecule has 0 aliphatic rings. The second-order valence-corrected chi connectivity index (χ2v) is 14.2. The maximum atomic E-state index is 6.76. The number of hydrogen-bond acceptors (Lipinski definition) is 3. The summed E-state index contributed by atoms with van der Waals surface area (Å²) in [6.45, 7) is 0. The highest BCUT2D eigenvalue weighted by Gasteiger charge is 2.21. The Morgan fingerprint density at radius 1 is 0.357 bits per heavy atom. The van der Waals surface area contributed by atoms with Gasteiger partial charge in [0, 0.05) is 33.0 Å². The minimum absolute atomic E-state index is 0.654. The molecule has 56 heavy (non-hydrogen) atoms. The molecule has 4 heteroatoms. The lowest BCUT2D eigenvalue weighted by atomic mass is 9.94. The maximum absolute atomic E-state index is 6.76. The molecule has 0 saturated carbocycles. The normalized spacial score (nSPS) is 11.6. The largest absolute Gasteiger partial charge is 0.452 e. The predicted molar refractivity (Wildman–Crippen MR) is 231 cm³/mol. The summed E-state index contributed by atoms with van der Waals surface area (Å²) < 4.78 is 9.12. The van der Waals surface area contributed by atoms with Crippen molar-refractivity contribution in [2.75, 3.05) is 0 Å². The van der Waals surface area contributed by atoms with Crippen LogP contribution in [0.15, 0.2) is 205 Å². The van der Waals surface area contributed by atoms with Gasteiger partial charge < -0.3 is 8.98 Å². The van der Waals surface area contributed by atoms with Crippen molar-refractivity contribution in [2.45, 2.75) is 0 Å². The van der Waals surface area contributed by atoms with Crippen LogP contribution in [0.25, 0.3) is 106 Å². The number of aromatic nitrogens is 3. The molecule has 0 atom stereocenters. The summed E-state index contributed by atoms with van der Waals surface area (Å²) in [7, 11) is 0. The van der Waals surface area contributed by atoms with Crippen LogP contribution in [0.3, 0.4) is 0 Å². The lowest BCUT2D eigenvalue weighted by molar-refractivity contribution is 0.667. The lowest BCUT2D eigenvalue weighted by Gasteiger charge is -2.12. The average molecular weight is 716 g/mol. The van der Waals surface area contributed by atoms with Gasteiger partial charge in [-0.2, -0.15) is 0 Å². The quantitative estimate of drug-likeness (QED) is 0.172. The number of fused-ring (bicyclic) bond motifs is 6. The molecule has 3 aromatic heterocycles. The Morgan fingerprint density at radius 3 is 1.54 bits per heavy atom. The number of rotatable bonds is 6. The van der Waals surface area contributed by atoms with Gasteiger partial charge in [-0.3, -0.25) is 0 Å². The van der Waals surface area contributed by atoms with Crippen molar-refractivity contribution in [1.29, 1.82) is 0 Å². The summed E-state index contributed by atoms with van der Waals surface area (Å²) in [5.41, 5.74) is 15.1. The number of benzene rings is 8. The van der Waals surface area contributed by atoms with Gasteiger partial charge in [0.2, 0.25) is 0 Å². The Morgan fingerprint density at radius 2 is 0.893 bits per heavy atom. The van der Waals surface area contributed by atoms with Crippen molar-refractivity contribution >= 4 is 43.9 Å². The van der Waals surface area contributed by atoms with E-state index in [9.17, 15) is 0 Å². The number of hydrogen-bond donors (Lipinski definition) is 0. The zero-order valence-electron chi connectivity index (χ0n) is 30.3. The Balaban J connectivity index is 1.12. The van der Waals surface area contributed by atoms with Gasteiger partial charge in [0.05, 0.1) is 11.0 Å². The molecular weight excluding hydrogens is 683 g/mol. The van der Waals surface area contributed by atoms with Crippen LogP contribution >= 0.6 is 0 Å². The second-order valence-electron chi connectivity index (χ2n) is 14.2. The first-order valence-electron chi connectivity index (χ1n) is 18.9. The Labute approximate surface area is 323 Å². The molecule has 0 aliphatic heterocycles. The van der Waals surface area contributed by atoms with Crippen LogP contribution in [0, 0.1) is 0 Å². The highest BCUT2D eigenvalue weighted by Crippen LogP contribution is 2.40. The monoisotopic (exact) mass is 715 g/mol. The van der Waals surface area contributed by atoms with Crippen molar-refractivity contribution in [1.82, 2.24) is 14.5 Å². The Bertz CT molecular complexity index is 3120. The van der Waals surface area contributed by atoms with Gasteiger partial charge in [-0.1, -0.05) is 146 Å². The van der Waals surface area contributed by atoms with E-state index in [2.05, 4.69) is 187 Å². The molecule has 262 valence electrons. The fourth-order valence-electron chi connectivity index (χ4n) is 8.12. The van der Waals surface area contributed by atoms with E-state index in [1.807, 2.05) is 18.2 Å². The third-order valence-electron chi connectivity index (χ3n) is 10.8. The number of para-hydroxylation sites is 2. The average Bonchev–Trinajstić information content (AvgIpc) is 3.82. The number of furan rings is 1. The molecule has 8 aromatic carbocycles.